The molecule has 1 aromatic rings. The van der Waals surface area contributed by atoms with Gasteiger partial charge in [-0.05, 0) is 39.0 Å². The average molecular weight is 325 g/mol. The Balaban J connectivity index is 1.57. The average Bonchev–Trinajstić information content (AvgIpc) is 2.93. The van der Waals surface area contributed by atoms with Gasteiger partial charge in [0.2, 0.25) is 0 Å². The molecule has 2 unspecified atom stereocenters. The smallest absolute Gasteiger partial charge is 0.315 e. The molecule has 0 spiro atoms. The molecule has 1 aliphatic rings. The van der Waals surface area contributed by atoms with Crippen LogP contribution in [0, 0.1) is 12.8 Å². The van der Waals surface area contributed by atoms with Crippen LogP contribution in [-0.4, -0.2) is 35.3 Å². The zero-order chi connectivity index (χ0) is 15.8. The van der Waals surface area contributed by atoms with E-state index < -0.39 is 0 Å². The number of aliphatic hydroxyl groups is 1. The Hall–Kier alpha value is -1.14. The predicted molar refractivity (Wildman–Crippen MR) is 89.2 cm³/mol. The summed E-state index contributed by atoms with van der Waals surface area (Å²) in [6.45, 7) is 2.86. The van der Waals surface area contributed by atoms with Crippen LogP contribution in [0.1, 0.15) is 49.2 Å². The highest BCUT2D eigenvalue weighted by molar-refractivity contribution is 7.09. The first-order chi connectivity index (χ1) is 10.7. The Bertz CT molecular complexity index is 464. The molecule has 3 N–H and O–H groups in total. The van der Waals surface area contributed by atoms with Crippen molar-refractivity contribution >= 4 is 17.4 Å². The van der Waals surface area contributed by atoms with Crippen molar-refractivity contribution < 1.29 is 9.90 Å². The first-order valence-electron chi connectivity index (χ1n) is 8.25. The molecule has 5 nitrogen and oxygen atoms in total. The molecule has 2 atom stereocenters. The van der Waals surface area contributed by atoms with Crippen LogP contribution in [0.4, 0.5) is 4.79 Å². The van der Waals surface area contributed by atoms with E-state index in [1.165, 1.54) is 5.01 Å². The molecule has 0 radical (unpaired) electrons. The van der Waals surface area contributed by atoms with Crippen LogP contribution in [0.25, 0.3) is 0 Å². The summed E-state index contributed by atoms with van der Waals surface area (Å²) in [5.41, 5.74) is 1.09. The van der Waals surface area contributed by atoms with Crippen molar-refractivity contribution in [2.75, 3.05) is 13.2 Å². The van der Waals surface area contributed by atoms with Crippen molar-refractivity contribution in [1.29, 1.82) is 0 Å². The van der Waals surface area contributed by atoms with Gasteiger partial charge in [-0.15, -0.1) is 11.3 Å². The van der Waals surface area contributed by atoms with Crippen molar-refractivity contribution in [2.24, 2.45) is 5.92 Å². The molecule has 2 amide bonds. The molecule has 1 aromatic heterocycles. The summed E-state index contributed by atoms with van der Waals surface area (Å²) in [4.78, 5) is 16.3. The van der Waals surface area contributed by atoms with Gasteiger partial charge in [0.05, 0.1) is 5.01 Å². The lowest BCUT2D eigenvalue weighted by Gasteiger charge is -2.30. The molecule has 0 saturated heterocycles. The fourth-order valence-corrected chi connectivity index (χ4v) is 3.77. The largest absolute Gasteiger partial charge is 0.396 e. The van der Waals surface area contributed by atoms with E-state index >= 15 is 0 Å². The number of amides is 2. The van der Waals surface area contributed by atoms with Crippen molar-refractivity contribution in [3.8, 4) is 0 Å². The van der Waals surface area contributed by atoms with Crippen molar-refractivity contribution in [2.45, 2.75) is 57.9 Å². The second-order valence-electron chi connectivity index (χ2n) is 6.07. The molecule has 1 saturated carbocycles. The minimum absolute atomic E-state index is 0.101. The van der Waals surface area contributed by atoms with Gasteiger partial charge in [0.25, 0.3) is 0 Å². The van der Waals surface area contributed by atoms with Crippen molar-refractivity contribution in [3.63, 3.8) is 0 Å². The molecule has 1 heterocycles. The van der Waals surface area contributed by atoms with E-state index in [4.69, 9.17) is 0 Å². The maximum absolute atomic E-state index is 11.9. The summed E-state index contributed by atoms with van der Waals surface area (Å²) in [7, 11) is 0. The second-order valence-corrected chi connectivity index (χ2v) is 7.02. The van der Waals surface area contributed by atoms with Gasteiger partial charge < -0.3 is 15.7 Å². The summed E-state index contributed by atoms with van der Waals surface area (Å²) >= 11 is 1.71. The van der Waals surface area contributed by atoms with E-state index in [1.807, 2.05) is 6.92 Å². The quantitative estimate of drug-likeness (QED) is 0.675. The zero-order valence-corrected chi connectivity index (χ0v) is 14.1. The fourth-order valence-electron chi connectivity index (χ4n) is 2.96. The monoisotopic (exact) mass is 325 g/mol. The van der Waals surface area contributed by atoms with Crippen molar-refractivity contribution in [1.82, 2.24) is 15.6 Å². The highest BCUT2D eigenvalue weighted by atomic mass is 32.1. The van der Waals surface area contributed by atoms with Gasteiger partial charge >= 0.3 is 6.03 Å². The van der Waals surface area contributed by atoms with Crippen LogP contribution in [0.3, 0.4) is 0 Å². The minimum Gasteiger partial charge on any atom is -0.396 e. The Labute approximate surface area is 136 Å². The number of carbonyl (C=O) groups excluding carboxylic acids is 1. The minimum atomic E-state index is -0.101. The molecular weight excluding hydrogens is 298 g/mol. The van der Waals surface area contributed by atoms with Crippen LogP contribution in [0.15, 0.2) is 5.38 Å². The summed E-state index contributed by atoms with van der Waals surface area (Å²) in [6, 6.07) is 0.0208. The van der Waals surface area contributed by atoms with Gasteiger partial charge in [0.15, 0.2) is 0 Å². The van der Waals surface area contributed by atoms with Crippen LogP contribution in [-0.2, 0) is 6.42 Å². The van der Waals surface area contributed by atoms with Crippen molar-refractivity contribution in [3.05, 3.63) is 16.1 Å². The lowest BCUT2D eigenvalue weighted by Crippen LogP contribution is -2.47. The Morgan fingerprint density at radius 2 is 2.23 bits per heavy atom. The number of rotatable bonds is 7. The normalized spacial score (nSPS) is 21.5. The molecular formula is C16H27N3O2S. The third kappa shape index (κ3) is 5.57. The number of nitrogens with zero attached hydrogens (tertiary/aromatic N) is 1. The maximum atomic E-state index is 11.9. The Morgan fingerprint density at radius 1 is 1.41 bits per heavy atom. The topological polar surface area (TPSA) is 74.2 Å². The number of aromatic nitrogens is 1. The molecule has 1 aliphatic carbocycles. The van der Waals surface area contributed by atoms with Gasteiger partial charge in [0.1, 0.15) is 0 Å². The van der Waals surface area contributed by atoms with Crippen LogP contribution in [0.5, 0.6) is 0 Å². The van der Waals surface area contributed by atoms with Gasteiger partial charge in [-0.3, -0.25) is 0 Å². The van der Waals surface area contributed by atoms with E-state index in [0.29, 0.717) is 6.54 Å². The lowest BCUT2D eigenvalue weighted by atomic mass is 9.85. The van der Waals surface area contributed by atoms with E-state index in [-0.39, 0.29) is 24.6 Å². The third-order valence-corrected chi connectivity index (χ3v) is 5.26. The molecule has 6 heteroatoms. The summed E-state index contributed by atoms with van der Waals surface area (Å²) in [6.07, 6.45) is 7.25. The Morgan fingerprint density at radius 3 is 2.95 bits per heavy atom. The Kier molecular flexibility index (Phi) is 7.12. The predicted octanol–water partition coefficient (Wildman–Crippen LogP) is 2.62. The number of aryl methyl sites for hydroxylation is 2. The SMILES string of the molecule is Cc1csc(CCCCNC(=O)NC2CCCCC2CO)n1. The number of thiazole rings is 1. The summed E-state index contributed by atoms with van der Waals surface area (Å²) < 4.78 is 0. The standard InChI is InChI=1S/C16H27N3O2S/c1-12-11-22-15(18-12)8-4-5-9-17-16(21)19-14-7-3-2-6-13(14)10-20/h11,13-14,20H,2-10H2,1H3,(H2,17,19,21). The number of nitrogens with one attached hydrogen (secondary N) is 2. The molecule has 124 valence electrons. The second kappa shape index (κ2) is 9.10. The highest BCUT2D eigenvalue weighted by Crippen LogP contribution is 2.23. The molecule has 1 fully saturated rings. The number of aliphatic hydroxyl groups excluding tert-OH is 1. The summed E-state index contributed by atoms with van der Waals surface area (Å²) in [5.74, 6) is 0.215. The van der Waals surface area contributed by atoms with E-state index in [1.54, 1.807) is 11.3 Å². The fraction of sp³-hybridized carbons (Fsp3) is 0.750. The summed E-state index contributed by atoms with van der Waals surface area (Å²) in [5, 5.41) is 18.5. The molecule has 22 heavy (non-hydrogen) atoms. The number of carbonyl (C=O) groups is 1. The molecule has 2 rings (SSSR count). The van der Waals surface area contributed by atoms with Gasteiger partial charge in [-0.2, -0.15) is 0 Å². The van der Waals surface area contributed by atoms with Crippen LogP contribution in [0.2, 0.25) is 0 Å². The van der Waals surface area contributed by atoms with E-state index in [9.17, 15) is 9.90 Å². The number of hydrogen-bond donors (Lipinski definition) is 3. The number of hydrogen-bond acceptors (Lipinski definition) is 4. The molecule has 0 aromatic carbocycles. The van der Waals surface area contributed by atoms with Gasteiger partial charge in [-0.1, -0.05) is 12.8 Å². The molecule has 0 bridgehead atoms. The first-order valence-corrected chi connectivity index (χ1v) is 9.13. The third-order valence-electron chi connectivity index (χ3n) is 4.23. The number of unbranched alkanes of at least 4 members (excludes halogenated alkanes) is 1. The lowest BCUT2D eigenvalue weighted by molar-refractivity contribution is 0.153. The highest BCUT2D eigenvalue weighted by Gasteiger charge is 2.25. The first kappa shape index (κ1) is 17.2. The number of urea groups is 1. The van der Waals surface area contributed by atoms with E-state index in [2.05, 4.69) is 21.0 Å². The maximum Gasteiger partial charge on any atom is 0.315 e. The van der Waals surface area contributed by atoms with Crippen LogP contribution >= 0.6 is 11.3 Å². The van der Waals surface area contributed by atoms with Crippen LogP contribution < -0.4 is 10.6 Å². The molecule has 0 aliphatic heterocycles. The zero-order valence-electron chi connectivity index (χ0n) is 13.3. The van der Waals surface area contributed by atoms with Gasteiger partial charge in [0, 0.05) is 36.2 Å². The van der Waals surface area contributed by atoms with E-state index in [0.717, 1.165) is 50.6 Å². The van der Waals surface area contributed by atoms with Gasteiger partial charge in [-0.25, -0.2) is 9.78 Å².